The van der Waals surface area contributed by atoms with Gasteiger partial charge in [0.1, 0.15) is 18.0 Å². The van der Waals surface area contributed by atoms with Crippen molar-refractivity contribution in [2.45, 2.75) is 57.2 Å². The zero-order valence-electron chi connectivity index (χ0n) is 18.7. The summed E-state index contributed by atoms with van der Waals surface area (Å²) in [7, 11) is 0. The zero-order chi connectivity index (χ0) is 22.8. The Bertz CT molecular complexity index is 1110. The number of aliphatic hydroxyl groups excluding tert-OH is 1. The second-order valence-corrected chi connectivity index (χ2v) is 9.26. The summed E-state index contributed by atoms with van der Waals surface area (Å²) in [6.07, 6.45) is 9.95. The fourth-order valence-electron chi connectivity index (χ4n) is 5.25. The van der Waals surface area contributed by atoms with Gasteiger partial charge in [-0.3, -0.25) is 4.79 Å². The van der Waals surface area contributed by atoms with E-state index in [0.29, 0.717) is 23.3 Å². The van der Waals surface area contributed by atoms with E-state index in [4.69, 9.17) is 0 Å². The van der Waals surface area contributed by atoms with E-state index < -0.39 is 6.10 Å². The predicted molar refractivity (Wildman–Crippen MR) is 125 cm³/mol. The Morgan fingerprint density at radius 1 is 1.15 bits per heavy atom. The second-order valence-electron chi connectivity index (χ2n) is 9.26. The molecule has 0 bridgehead atoms. The smallest absolute Gasteiger partial charge is 0.253 e. The maximum atomic E-state index is 14.8. The monoisotopic (exact) mass is 451 g/mol. The molecule has 1 saturated carbocycles. The number of amides is 1. The molecule has 33 heavy (non-hydrogen) atoms. The number of piperidine rings is 1. The maximum absolute atomic E-state index is 14.8. The SMILES string of the molecule is O=C(NC1CCCC[C@@H]1O)c1cn(CC2CCN(c3ccncn3)CC2)c2cccc(F)c12. The summed E-state index contributed by atoms with van der Waals surface area (Å²) in [6.45, 7) is 2.54. The van der Waals surface area contributed by atoms with Crippen molar-refractivity contribution in [2.24, 2.45) is 5.92 Å². The molecule has 5 rings (SSSR count). The summed E-state index contributed by atoms with van der Waals surface area (Å²) in [5, 5.41) is 13.6. The van der Waals surface area contributed by atoms with Crippen LogP contribution >= 0.6 is 0 Å². The molecule has 3 heterocycles. The molecule has 0 spiro atoms. The van der Waals surface area contributed by atoms with Crippen molar-refractivity contribution in [3.63, 3.8) is 0 Å². The molecule has 2 fully saturated rings. The molecule has 2 aromatic heterocycles. The minimum atomic E-state index is -0.541. The van der Waals surface area contributed by atoms with Crippen LogP contribution in [0, 0.1) is 11.7 Å². The molecule has 1 aliphatic carbocycles. The van der Waals surface area contributed by atoms with Crippen LogP contribution in [0.2, 0.25) is 0 Å². The average Bonchev–Trinajstić information content (AvgIpc) is 3.21. The van der Waals surface area contributed by atoms with Crippen LogP contribution in [0.25, 0.3) is 10.9 Å². The molecule has 2 aliphatic rings. The van der Waals surface area contributed by atoms with Crippen molar-refractivity contribution in [1.29, 1.82) is 0 Å². The van der Waals surface area contributed by atoms with Gasteiger partial charge in [0.15, 0.2) is 0 Å². The van der Waals surface area contributed by atoms with E-state index in [1.807, 2.05) is 16.7 Å². The molecule has 8 heteroatoms. The lowest BCUT2D eigenvalue weighted by molar-refractivity contribution is 0.0718. The number of hydrogen-bond acceptors (Lipinski definition) is 5. The van der Waals surface area contributed by atoms with Gasteiger partial charge < -0.3 is 19.9 Å². The lowest BCUT2D eigenvalue weighted by atomic mass is 9.92. The minimum Gasteiger partial charge on any atom is -0.391 e. The van der Waals surface area contributed by atoms with Crippen LogP contribution < -0.4 is 10.2 Å². The summed E-state index contributed by atoms with van der Waals surface area (Å²) >= 11 is 0. The standard InChI is InChI=1S/C25H30FN5O2/c26-19-4-3-6-21-24(19)18(25(33)29-20-5-1-2-7-22(20)32)15-31(21)14-17-9-12-30(13-10-17)23-8-11-27-16-28-23/h3-4,6,8,11,15-17,20,22,32H,1-2,5,7,9-10,12-14H2,(H,29,33)/t20?,22-/m0/s1. The van der Waals surface area contributed by atoms with Gasteiger partial charge in [-0.15, -0.1) is 0 Å². The first kappa shape index (κ1) is 21.8. The summed E-state index contributed by atoms with van der Waals surface area (Å²) in [6, 6.07) is 6.62. The van der Waals surface area contributed by atoms with Crippen LogP contribution in [0.3, 0.4) is 0 Å². The number of nitrogens with one attached hydrogen (secondary N) is 1. The summed E-state index contributed by atoms with van der Waals surface area (Å²) in [4.78, 5) is 23.7. The van der Waals surface area contributed by atoms with Crippen LogP contribution in [0.15, 0.2) is 43.0 Å². The zero-order valence-corrected chi connectivity index (χ0v) is 18.7. The Hall–Kier alpha value is -3.00. The number of aromatic nitrogens is 3. The van der Waals surface area contributed by atoms with E-state index in [0.717, 1.165) is 63.1 Å². The van der Waals surface area contributed by atoms with Gasteiger partial charge in [-0.1, -0.05) is 18.9 Å². The first-order valence-corrected chi connectivity index (χ1v) is 11.9. The van der Waals surface area contributed by atoms with E-state index in [2.05, 4.69) is 20.2 Å². The molecule has 7 nitrogen and oxygen atoms in total. The number of carbonyl (C=O) groups is 1. The summed E-state index contributed by atoms with van der Waals surface area (Å²) in [5.41, 5.74) is 1.09. The first-order chi connectivity index (χ1) is 16.1. The maximum Gasteiger partial charge on any atom is 0.253 e. The highest BCUT2D eigenvalue weighted by molar-refractivity contribution is 6.07. The fourth-order valence-corrected chi connectivity index (χ4v) is 5.25. The van der Waals surface area contributed by atoms with Crippen molar-refractivity contribution in [3.8, 4) is 0 Å². The molecule has 2 N–H and O–H groups in total. The van der Waals surface area contributed by atoms with E-state index in [1.165, 1.54) is 6.07 Å². The third kappa shape index (κ3) is 4.57. The number of anilines is 1. The van der Waals surface area contributed by atoms with Gasteiger partial charge in [0.05, 0.1) is 23.2 Å². The lowest BCUT2D eigenvalue weighted by Crippen LogP contribution is -2.45. The number of rotatable bonds is 5. The number of aliphatic hydroxyl groups is 1. The Morgan fingerprint density at radius 2 is 1.97 bits per heavy atom. The second kappa shape index (κ2) is 9.47. The summed E-state index contributed by atoms with van der Waals surface area (Å²) < 4.78 is 16.9. The number of fused-ring (bicyclic) bond motifs is 1. The van der Waals surface area contributed by atoms with Crippen LogP contribution in [0.5, 0.6) is 0 Å². The third-order valence-electron chi connectivity index (χ3n) is 7.11. The molecule has 1 unspecified atom stereocenters. The molecule has 2 atom stereocenters. The number of carbonyl (C=O) groups excluding carboxylic acids is 1. The summed E-state index contributed by atoms with van der Waals surface area (Å²) in [5.74, 6) is 0.673. The van der Waals surface area contributed by atoms with E-state index in [-0.39, 0.29) is 17.8 Å². The van der Waals surface area contributed by atoms with E-state index in [9.17, 15) is 14.3 Å². The third-order valence-corrected chi connectivity index (χ3v) is 7.11. The fraction of sp³-hybridized carbons (Fsp3) is 0.480. The normalized spacial score (nSPS) is 21.9. The van der Waals surface area contributed by atoms with Gasteiger partial charge in [-0.05, 0) is 49.8 Å². The molecule has 3 aromatic rings. The molecule has 174 valence electrons. The van der Waals surface area contributed by atoms with Crippen molar-refractivity contribution in [1.82, 2.24) is 19.9 Å². The molecular weight excluding hydrogens is 421 g/mol. The molecule has 1 amide bonds. The van der Waals surface area contributed by atoms with Crippen LogP contribution in [-0.2, 0) is 6.54 Å². The van der Waals surface area contributed by atoms with Crippen LogP contribution in [0.1, 0.15) is 48.9 Å². The molecule has 1 aliphatic heterocycles. The Morgan fingerprint density at radius 3 is 2.73 bits per heavy atom. The minimum absolute atomic E-state index is 0.275. The number of hydrogen-bond donors (Lipinski definition) is 2. The molecular formula is C25H30FN5O2. The van der Waals surface area contributed by atoms with Gasteiger partial charge >= 0.3 is 0 Å². The highest BCUT2D eigenvalue weighted by Crippen LogP contribution is 2.29. The van der Waals surface area contributed by atoms with Crippen LogP contribution in [0.4, 0.5) is 10.2 Å². The molecule has 1 aromatic carbocycles. The van der Waals surface area contributed by atoms with Gasteiger partial charge in [-0.2, -0.15) is 0 Å². The Balaban J connectivity index is 1.33. The number of halogens is 1. The van der Waals surface area contributed by atoms with Gasteiger partial charge in [0, 0.05) is 37.4 Å². The predicted octanol–water partition coefficient (Wildman–Crippen LogP) is 3.52. The van der Waals surface area contributed by atoms with Gasteiger partial charge in [-0.25, -0.2) is 14.4 Å². The van der Waals surface area contributed by atoms with Crippen molar-refractivity contribution >= 4 is 22.6 Å². The Kier molecular flexibility index (Phi) is 6.26. The van der Waals surface area contributed by atoms with Gasteiger partial charge in [0.2, 0.25) is 0 Å². The lowest BCUT2D eigenvalue weighted by Gasteiger charge is -2.33. The molecule has 1 saturated heterocycles. The van der Waals surface area contributed by atoms with E-state index in [1.54, 1.807) is 24.8 Å². The highest BCUT2D eigenvalue weighted by Gasteiger charge is 2.28. The van der Waals surface area contributed by atoms with Crippen molar-refractivity contribution < 1.29 is 14.3 Å². The number of nitrogens with zero attached hydrogens (tertiary/aromatic N) is 4. The van der Waals surface area contributed by atoms with Crippen molar-refractivity contribution in [2.75, 3.05) is 18.0 Å². The van der Waals surface area contributed by atoms with Crippen molar-refractivity contribution in [3.05, 3.63) is 54.4 Å². The quantitative estimate of drug-likeness (QED) is 0.620. The molecule has 0 radical (unpaired) electrons. The van der Waals surface area contributed by atoms with E-state index >= 15 is 0 Å². The van der Waals surface area contributed by atoms with Crippen LogP contribution in [-0.4, -0.2) is 50.8 Å². The number of benzene rings is 1. The van der Waals surface area contributed by atoms with Gasteiger partial charge in [0.25, 0.3) is 5.91 Å². The largest absolute Gasteiger partial charge is 0.391 e. The highest BCUT2D eigenvalue weighted by atomic mass is 19.1. The topological polar surface area (TPSA) is 83.3 Å². The average molecular weight is 452 g/mol. The Labute approximate surface area is 192 Å². The first-order valence-electron chi connectivity index (χ1n) is 11.9.